The number of hydrogen-bond acceptors (Lipinski definition) is 8. The van der Waals surface area contributed by atoms with Crippen LogP contribution in [0.1, 0.15) is 28.8 Å². The Labute approximate surface area is 198 Å². The quantitative estimate of drug-likeness (QED) is 0.409. The van der Waals surface area contributed by atoms with Crippen molar-refractivity contribution in [2.75, 3.05) is 18.2 Å². The second-order valence-corrected chi connectivity index (χ2v) is 10.6. The van der Waals surface area contributed by atoms with Gasteiger partial charge >= 0.3 is 0 Å². The maximum Gasteiger partial charge on any atom is 0.251 e. The third-order valence-corrected chi connectivity index (χ3v) is 7.82. The second-order valence-electron chi connectivity index (χ2n) is 7.14. The second kappa shape index (κ2) is 10.8. The smallest absolute Gasteiger partial charge is 0.251 e. The average molecular weight is 487 g/mol. The number of nitrogens with one attached hydrogen (secondary N) is 2. The van der Waals surface area contributed by atoms with Crippen molar-refractivity contribution in [2.24, 2.45) is 0 Å². The predicted molar refractivity (Wildman–Crippen MR) is 129 cm³/mol. The van der Waals surface area contributed by atoms with Crippen molar-refractivity contribution in [1.82, 2.24) is 15.5 Å². The Hall–Kier alpha value is -2.56. The van der Waals surface area contributed by atoms with Crippen LogP contribution in [0.25, 0.3) is 0 Å². The van der Waals surface area contributed by atoms with E-state index < -0.39 is 0 Å². The number of rotatable bonds is 10. The van der Waals surface area contributed by atoms with Gasteiger partial charge in [-0.2, -0.15) is 0 Å². The SMILES string of the molecule is COc1ccc(CSc2nnc(SCC(=O)Nc3cccc(C(=O)NC4CC4)c3)s2)cc1. The number of carbonyl (C=O) groups excluding carboxylic acids is 2. The van der Waals surface area contributed by atoms with Gasteiger partial charge in [0.1, 0.15) is 5.75 Å². The van der Waals surface area contributed by atoms with Crippen LogP contribution in [0, 0.1) is 0 Å². The highest BCUT2D eigenvalue weighted by Crippen LogP contribution is 2.31. The summed E-state index contributed by atoms with van der Waals surface area (Å²) in [5, 5.41) is 14.1. The zero-order chi connectivity index (χ0) is 22.3. The van der Waals surface area contributed by atoms with E-state index in [1.165, 1.54) is 28.7 Å². The van der Waals surface area contributed by atoms with Crippen LogP contribution in [0.3, 0.4) is 0 Å². The molecule has 0 spiro atoms. The van der Waals surface area contributed by atoms with Gasteiger partial charge in [0.25, 0.3) is 5.91 Å². The van der Waals surface area contributed by atoms with Crippen molar-refractivity contribution in [1.29, 1.82) is 0 Å². The van der Waals surface area contributed by atoms with E-state index in [1.807, 2.05) is 24.3 Å². The summed E-state index contributed by atoms with van der Waals surface area (Å²) in [6.07, 6.45) is 2.07. The molecule has 32 heavy (non-hydrogen) atoms. The molecule has 1 aromatic heterocycles. The van der Waals surface area contributed by atoms with E-state index in [1.54, 1.807) is 43.1 Å². The lowest BCUT2D eigenvalue weighted by Gasteiger charge is -2.07. The minimum absolute atomic E-state index is 0.105. The molecule has 10 heteroatoms. The average Bonchev–Trinajstić information content (AvgIpc) is 3.51. The van der Waals surface area contributed by atoms with E-state index in [0.29, 0.717) is 17.3 Å². The van der Waals surface area contributed by atoms with Crippen LogP contribution >= 0.6 is 34.9 Å². The molecule has 0 radical (unpaired) electrons. The fourth-order valence-corrected chi connectivity index (χ4v) is 5.52. The van der Waals surface area contributed by atoms with E-state index in [9.17, 15) is 9.59 Å². The molecule has 0 bridgehead atoms. The zero-order valence-corrected chi connectivity index (χ0v) is 19.8. The van der Waals surface area contributed by atoms with E-state index in [0.717, 1.165) is 33.0 Å². The molecule has 166 valence electrons. The van der Waals surface area contributed by atoms with Gasteiger partial charge in [-0.3, -0.25) is 9.59 Å². The Bertz CT molecular complexity index is 1080. The van der Waals surface area contributed by atoms with Crippen LogP contribution in [-0.4, -0.2) is 40.9 Å². The normalized spacial score (nSPS) is 12.9. The monoisotopic (exact) mass is 486 g/mol. The highest BCUT2D eigenvalue weighted by atomic mass is 32.2. The molecule has 1 saturated carbocycles. The number of hydrogen-bond donors (Lipinski definition) is 2. The summed E-state index contributed by atoms with van der Waals surface area (Å²) >= 11 is 4.43. The number of ether oxygens (including phenoxy) is 1. The van der Waals surface area contributed by atoms with Gasteiger partial charge in [0.05, 0.1) is 12.9 Å². The molecule has 1 heterocycles. The first-order valence-corrected chi connectivity index (χ1v) is 12.8. The number of thioether (sulfide) groups is 2. The highest BCUT2D eigenvalue weighted by molar-refractivity contribution is 8.03. The molecular formula is C22H22N4O3S3. The molecule has 7 nitrogen and oxygen atoms in total. The zero-order valence-electron chi connectivity index (χ0n) is 17.4. The summed E-state index contributed by atoms with van der Waals surface area (Å²) in [5.41, 5.74) is 2.32. The largest absolute Gasteiger partial charge is 0.497 e. The topological polar surface area (TPSA) is 93.2 Å². The van der Waals surface area contributed by atoms with Gasteiger partial charge < -0.3 is 15.4 Å². The first-order chi connectivity index (χ1) is 15.6. The van der Waals surface area contributed by atoms with Crippen LogP contribution in [0.5, 0.6) is 5.75 Å². The van der Waals surface area contributed by atoms with Crippen molar-refractivity contribution in [3.05, 3.63) is 59.7 Å². The molecule has 2 aromatic carbocycles. The standard InChI is InChI=1S/C22H22N4O3S3/c1-29-18-9-5-14(6-10-18)12-30-21-25-26-22(32-21)31-13-19(27)23-17-4-2-3-15(11-17)20(28)24-16-7-8-16/h2-6,9-11,16H,7-8,12-13H2,1H3,(H,23,27)(H,24,28). The van der Waals surface area contributed by atoms with Crippen LogP contribution in [0.15, 0.2) is 57.2 Å². The lowest BCUT2D eigenvalue weighted by atomic mass is 10.2. The highest BCUT2D eigenvalue weighted by Gasteiger charge is 2.23. The summed E-state index contributed by atoms with van der Waals surface area (Å²) < 4.78 is 6.78. The molecule has 0 atom stereocenters. The maximum absolute atomic E-state index is 12.3. The van der Waals surface area contributed by atoms with E-state index >= 15 is 0 Å². The van der Waals surface area contributed by atoms with Gasteiger partial charge in [-0.05, 0) is 48.7 Å². The van der Waals surface area contributed by atoms with Crippen molar-refractivity contribution in [3.8, 4) is 5.75 Å². The molecule has 2 N–H and O–H groups in total. The predicted octanol–water partition coefficient (Wildman–Crippen LogP) is 4.46. The van der Waals surface area contributed by atoms with Gasteiger partial charge in [0, 0.05) is 23.0 Å². The number of anilines is 1. The Morgan fingerprint density at radius 2 is 1.84 bits per heavy atom. The number of methoxy groups -OCH3 is 1. The van der Waals surface area contributed by atoms with E-state index in [4.69, 9.17) is 4.74 Å². The molecule has 1 aliphatic carbocycles. The van der Waals surface area contributed by atoms with E-state index in [-0.39, 0.29) is 17.6 Å². The Morgan fingerprint density at radius 3 is 2.56 bits per heavy atom. The fourth-order valence-electron chi connectivity index (χ4n) is 2.74. The third kappa shape index (κ3) is 6.72. The number of amides is 2. The molecule has 1 fully saturated rings. The van der Waals surface area contributed by atoms with Crippen molar-refractivity contribution < 1.29 is 14.3 Å². The van der Waals surface area contributed by atoms with Crippen LogP contribution in [0.4, 0.5) is 5.69 Å². The van der Waals surface area contributed by atoms with Gasteiger partial charge in [-0.15, -0.1) is 10.2 Å². The molecule has 2 amide bonds. The molecular weight excluding hydrogens is 464 g/mol. The molecule has 1 aliphatic rings. The fraction of sp³-hybridized carbons (Fsp3) is 0.273. The summed E-state index contributed by atoms with van der Waals surface area (Å²) in [4.78, 5) is 24.5. The summed E-state index contributed by atoms with van der Waals surface area (Å²) in [6, 6.07) is 15.2. The Kier molecular flexibility index (Phi) is 7.67. The summed E-state index contributed by atoms with van der Waals surface area (Å²) in [6.45, 7) is 0. The third-order valence-electron chi connectivity index (χ3n) is 4.56. The van der Waals surface area contributed by atoms with Crippen molar-refractivity contribution in [2.45, 2.75) is 33.3 Å². The summed E-state index contributed by atoms with van der Waals surface area (Å²) in [5.74, 6) is 1.58. The van der Waals surface area contributed by atoms with Crippen LogP contribution in [-0.2, 0) is 10.5 Å². The Morgan fingerprint density at radius 1 is 1.09 bits per heavy atom. The number of benzene rings is 2. The van der Waals surface area contributed by atoms with Crippen molar-refractivity contribution >= 4 is 52.4 Å². The molecule has 0 saturated heterocycles. The maximum atomic E-state index is 12.3. The van der Waals surface area contributed by atoms with Crippen LogP contribution < -0.4 is 15.4 Å². The van der Waals surface area contributed by atoms with Gasteiger partial charge in [0.15, 0.2) is 8.68 Å². The minimum Gasteiger partial charge on any atom is -0.497 e. The van der Waals surface area contributed by atoms with E-state index in [2.05, 4.69) is 20.8 Å². The first-order valence-electron chi connectivity index (χ1n) is 10.0. The number of carbonyl (C=O) groups is 2. The molecule has 4 rings (SSSR count). The minimum atomic E-state index is -0.155. The lowest BCUT2D eigenvalue weighted by Crippen LogP contribution is -2.25. The molecule has 3 aromatic rings. The summed E-state index contributed by atoms with van der Waals surface area (Å²) in [7, 11) is 1.65. The molecule has 0 unspecified atom stereocenters. The van der Waals surface area contributed by atoms with Crippen molar-refractivity contribution in [3.63, 3.8) is 0 Å². The van der Waals surface area contributed by atoms with Gasteiger partial charge in [-0.1, -0.05) is 53.1 Å². The van der Waals surface area contributed by atoms with Gasteiger partial charge in [0.2, 0.25) is 5.91 Å². The first kappa shape index (κ1) is 22.6. The Balaban J connectivity index is 1.23. The lowest BCUT2D eigenvalue weighted by molar-refractivity contribution is -0.113. The number of nitrogens with zero attached hydrogens (tertiary/aromatic N) is 2. The molecule has 0 aliphatic heterocycles. The number of aromatic nitrogens is 2. The van der Waals surface area contributed by atoms with Crippen LogP contribution in [0.2, 0.25) is 0 Å². The van der Waals surface area contributed by atoms with Gasteiger partial charge in [-0.25, -0.2) is 0 Å².